The molecular weight excluding hydrogens is 274 g/mol. The number of nitrogens with zero attached hydrogens (tertiary/aromatic N) is 1. The summed E-state index contributed by atoms with van der Waals surface area (Å²) in [5.74, 6) is 2.94. The Kier molecular flexibility index (Phi) is 5.80. The molecule has 2 bridgehead atoms. The van der Waals surface area contributed by atoms with Crippen LogP contribution in [0.25, 0.3) is 0 Å². The third-order valence-corrected chi connectivity index (χ3v) is 6.63. The van der Waals surface area contributed by atoms with Crippen molar-refractivity contribution in [1.82, 2.24) is 4.90 Å². The topological polar surface area (TPSA) is 32.7 Å². The van der Waals surface area contributed by atoms with E-state index in [1.54, 1.807) is 0 Å². The summed E-state index contributed by atoms with van der Waals surface area (Å²) < 4.78 is 5.80. The van der Waals surface area contributed by atoms with Crippen molar-refractivity contribution in [3.05, 3.63) is 0 Å². The molecule has 3 rings (SSSR count). The highest BCUT2D eigenvalue weighted by molar-refractivity contribution is 4.89. The van der Waals surface area contributed by atoms with E-state index in [0.29, 0.717) is 18.7 Å². The van der Waals surface area contributed by atoms with Crippen LogP contribution in [0.3, 0.4) is 0 Å². The van der Waals surface area contributed by atoms with E-state index in [1.165, 1.54) is 51.4 Å². The quantitative estimate of drug-likeness (QED) is 0.731. The van der Waals surface area contributed by atoms with Crippen LogP contribution in [-0.4, -0.2) is 48.0 Å². The van der Waals surface area contributed by atoms with Gasteiger partial charge in [-0.15, -0.1) is 0 Å². The van der Waals surface area contributed by atoms with Gasteiger partial charge < -0.3 is 9.84 Å². The van der Waals surface area contributed by atoms with Crippen LogP contribution in [0.15, 0.2) is 0 Å². The molecule has 1 N–H and O–H groups in total. The predicted molar refractivity (Wildman–Crippen MR) is 89.9 cm³/mol. The lowest BCUT2D eigenvalue weighted by molar-refractivity contribution is -0.0123. The summed E-state index contributed by atoms with van der Waals surface area (Å²) >= 11 is 0. The Bertz CT molecular complexity index is 338. The molecule has 22 heavy (non-hydrogen) atoms. The Morgan fingerprint density at radius 1 is 1.09 bits per heavy atom. The number of hydrogen-bond donors (Lipinski definition) is 1. The molecule has 0 aromatic rings. The summed E-state index contributed by atoms with van der Waals surface area (Å²) in [6.07, 6.45) is 10.6. The number of aliphatic hydroxyl groups is 1. The normalized spacial score (nSPS) is 40.2. The van der Waals surface area contributed by atoms with Gasteiger partial charge in [0.25, 0.3) is 0 Å². The van der Waals surface area contributed by atoms with Crippen LogP contribution in [0.4, 0.5) is 0 Å². The van der Waals surface area contributed by atoms with Crippen LogP contribution in [-0.2, 0) is 4.74 Å². The van der Waals surface area contributed by atoms with E-state index in [9.17, 15) is 5.11 Å². The molecule has 0 aromatic carbocycles. The van der Waals surface area contributed by atoms with Gasteiger partial charge in [-0.3, -0.25) is 4.90 Å². The Hall–Kier alpha value is -0.120. The van der Waals surface area contributed by atoms with Crippen LogP contribution in [0, 0.1) is 17.8 Å². The van der Waals surface area contributed by atoms with Gasteiger partial charge in [-0.1, -0.05) is 12.8 Å². The molecule has 1 aliphatic heterocycles. The standard InChI is InChI=1S/C19H35NO2/c1-14-4-3-5-15(2)20(14)12-19(21)13-22-9-8-18-11-16-6-7-17(18)10-16/h14-19,21H,3-13H2,1-2H3/t14-,15-,16-,17-,18-,19+/m1/s1. The first kappa shape index (κ1) is 16.7. The molecule has 3 nitrogen and oxygen atoms in total. The number of piperidine rings is 1. The first-order chi connectivity index (χ1) is 10.6. The van der Waals surface area contributed by atoms with E-state index in [4.69, 9.17) is 4.74 Å². The molecule has 6 atom stereocenters. The fourth-order valence-corrected chi connectivity index (χ4v) is 5.31. The number of likely N-dealkylation sites (tertiary alicyclic amines) is 1. The van der Waals surface area contributed by atoms with Crippen molar-refractivity contribution >= 4 is 0 Å². The smallest absolute Gasteiger partial charge is 0.0900 e. The van der Waals surface area contributed by atoms with Gasteiger partial charge in [-0.25, -0.2) is 0 Å². The molecule has 0 radical (unpaired) electrons. The number of rotatable bonds is 7. The van der Waals surface area contributed by atoms with Gasteiger partial charge in [-0.05, 0) is 70.1 Å². The highest BCUT2D eigenvalue weighted by atomic mass is 16.5. The van der Waals surface area contributed by atoms with Gasteiger partial charge in [-0.2, -0.15) is 0 Å². The maximum Gasteiger partial charge on any atom is 0.0900 e. The molecule has 0 unspecified atom stereocenters. The minimum absolute atomic E-state index is 0.331. The first-order valence-corrected chi connectivity index (χ1v) is 9.65. The van der Waals surface area contributed by atoms with E-state index in [1.807, 2.05) is 0 Å². The van der Waals surface area contributed by atoms with Crippen molar-refractivity contribution < 1.29 is 9.84 Å². The van der Waals surface area contributed by atoms with Gasteiger partial charge in [0.2, 0.25) is 0 Å². The highest BCUT2D eigenvalue weighted by Gasteiger charge is 2.38. The molecule has 128 valence electrons. The Labute approximate surface area is 136 Å². The Morgan fingerprint density at radius 3 is 2.50 bits per heavy atom. The molecule has 1 heterocycles. The molecule has 0 aromatic heterocycles. The van der Waals surface area contributed by atoms with E-state index >= 15 is 0 Å². The van der Waals surface area contributed by atoms with Crippen molar-refractivity contribution in [3.8, 4) is 0 Å². The number of fused-ring (bicyclic) bond motifs is 2. The van der Waals surface area contributed by atoms with Crippen molar-refractivity contribution in [2.24, 2.45) is 17.8 Å². The zero-order chi connectivity index (χ0) is 15.5. The van der Waals surface area contributed by atoms with Gasteiger partial charge in [0, 0.05) is 25.2 Å². The molecule has 0 spiro atoms. The number of ether oxygens (including phenoxy) is 1. The van der Waals surface area contributed by atoms with E-state index in [2.05, 4.69) is 18.7 Å². The highest BCUT2D eigenvalue weighted by Crippen LogP contribution is 2.49. The predicted octanol–water partition coefficient (Wildman–Crippen LogP) is 3.45. The lowest BCUT2D eigenvalue weighted by Crippen LogP contribution is -2.48. The van der Waals surface area contributed by atoms with E-state index < -0.39 is 0 Å². The summed E-state index contributed by atoms with van der Waals surface area (Å²) in [4.78, 5) is 2.47. The summed E-state index contributed by atoms with van der Waals surface area (Å²) in [6.45, 7) is 6.71. The van der Waals surface area contributed by atoms with Crippen LogP contribution in [0.1, 0.15) is 65.2 Å². The molecule has 1 saturated heterocycles. The Morgan fingerprint density at radius 2 is 1.86 bits per heavy atom. The number of aliphatic hydroxyl groups excluding tert-OH is 1. The van der Waals surface area contributed by atoms with Crippen molar-refractivity contribution in [2.75, 3.05) is 19.8 Å². The molecule has 3 heteroatoms. The van der Waals surface area contributed by atoms with Gasteiger partial charge in [0.15, 0.2) is 0 Å². The zero-order valence-electron chi connectivity index (χ0n) is 14.5. The minimum atomic E-state index is -0.331. The van der Waals surface area contributed by atoms with E-state index in [-0.39, 0.29) is 6.10 Å². The van der Waals surface area contributed by atoms with Crippen molar-refractivity contribution in [1.29, 1.82) is 0 Å². The minimum Gasteiger partial charge on any atom is -0.389 e. The maximum atomic E-state index is 10.3. The molecule has 0 amide bonds. The Balaban J connectivity index is 1.30. The average molecular weight is 309 g/mol. The first-order valence-electron chi connectivity index (χ1n) is 9.65. The second-order valence-electron chi connectivity index (χ2n) is 8.28. The van der Waals surface area contributed by atoms with Gasteiger partial charge in [0.1, 0.15) is 0 Å². The third kappa shape index (κ3) is 4.04. The fourth-order valence-electron chi connectivity index (χ4n) is 5.31. The van der Waals surface area contributed by atoms with Gasteiger partial charge >= 0.3 is 0 Å². The summed E-state index contributed by atoms with van der Waals surface area (Å²) in [6, 6.07) is 1.21. The SMILES string of the molecule is C[C@@H]1CCC[C@@H](C)N1C[C@H](O)COCC[C@@H]1C[C@@H]2CC[C@@H]1C2. The van der Waals surface area contributed by atoms with Crippen molar-refractivity contribution in [3.63, 3.8) is 0 Å². The van der Waals surface area contributed by atoms with Crippen LogP contribution in [0.5, 0.6) is 0 Å². The second-order valence-corrected chi connectivity index (χ2v) is 8.28. The average Bonchev–Trinajstić information content (AvgIpc) is 3.10. The number of hydrogen-bond acceptors (Lipinski definition) is 3. The lowest BCUT2D eigenvalue weighted by Gasteiger charge is -2.40. The third-order valence-electron chi connectivity index (χ3n) is 6.63. The molecule has 2 aliphatic carbocycles. The fraction of sp³-hybridized carbons (Fsp3) is 1.00. The van der Waals surface area contributed by atoms with Crippen molar-refractivity contribution in [2.45, 2.75) is 83.4 Å². The lowest BCUT2D eigenvalue weighted by atomic mass is 9.87. The largest absolute Gasteiger partial charge is 0.389 e. The van der Waals surface area contributed by atoms with Crippen LogP contribution >= 0.6 is 0 Å². The molecule has 2 saturated carbocycles. The maximum absolute atomic E-state index is 10.3. The zero-order valence-corrected chi connectivity index (χ0v) is 14.5. The second kappa shape index (κ2) is 7.63. The molecule has 3 fully saturated rings. The molecule has 3 aliphatic rings. The molecular formula is C19H35NO2. The van der Waals surface area contributed by atoms with E-state index in [0.717, 1.165) is 30.9 Å². The summed E-state index contributed by atoms with van der Waals surface area (Å²) in [7, 11) is 0. The summed E-state index contributed by atoms with van der Waals surface area (Å²) in [5.41, 5.74) is 0. The monoisotopic (exact) mass is 309 g/mol. The van der Waals surface area contributed by atoms with Crippen LogP contribution < -0.4 is 0 Å². The number of β-amino-alcohol motifs (C(OH)–C–C–N with tert-alkyl or cyclic N) is 1. The summed E-state index contributed by atoms with van der Waals surface area (Å²) in [5, 5.41) is 10.3. The van der Waals surface area contributed by atoms with Crippen LogP contribution in [0.2, 0.25) is 0 Å². The van der Waals surface area contributed by atoms with Gasteiger partial charge in [0.05, 0.1) is 12.7 Å².